The van der Waals surface area contributed by atoms with Crippen LogP contribution in [0.5, 0.6) is 0 Å². The summed E-state index contributed by atoms with van der Waals surface area (Å²) in [6.45, 7) is 6.49. The molecule has 1 aliphatic heterocycles. The van der Waals surface area contributed by atoms with Gasteiger partial charge in [-0.25, -0.2) is 4.79 Å². The first-order valence-electron chi connectivity index (χ1n) is 5.58. The minimum absolute atomic E-state index is 0.0351. The maximum Gasteiger partial charge on any atom is 0.328 e. The molecule has 0 spiro atoms. The number of esters is 1. The Morgan fingerprint density at radius 2 is 2.00 bits per heavy atom. The molecule has 88 valence electrons. The third-order valence-electron chi connectivity index (χ3n) is 2.35. The molecular formula is C11H21NO3. The summed E-state index contributed by atoms with van der Waals surface area (Å²) in [4.78, 5) is 24.2. The zero-order valence-corrected chi connectivity index (χ0v) is 10.1. The van der Waals surface area contributed by atoms with Gasteiger partial charge in [0.15, 0.2) is 0 Å². The van der Waals surface area contributed by atoms with Crippen molar-refractivity contribution >= 4 is 11.9 Å². The number of nitrogens with zero attached hydrogens (tertiary/aromatic N) is 1. The maximum atomic E-state index is 11.4. The number of likely N-dealkylation sites (tertiary alicyclic amines) is 1. The Morgan fingerprint density at radius 1 is 1.40 bits per heavy atom. The van der Waals surface area contributed by atoms with Crippen molar-refractivity contribution < 1.29 is 14.3 Å². The summed E-state index contributed by atoms with van der Waals surface area (Å²) >= 11 is 0. The van der Waals surface area contributed by atoms with E-state index in [2.05, 4.69) is 4.74 Å². The van der Waals surface area contributed by atoms with Gasteiger partial charge in [-0.05, 0) is 12.8 Å². The molecule has 1 saturated heterocycles. The molecule has 1 atom stereocenters. The number of ether oxygens (including phenoxy) is 1. The quantitative estimate of drug-likeness (QED) is 0.657. The Bertz CT molecular complexity index is 194. The molecule has 1 aliphatic rings. The van der Waals surface area contributed by atoms with E-state index in [4.69, 9.17) is 0 Å². The highest BCUT2D eigenvalue weighted by atomic mass is 16.5. The van der Waals surface area contributed by atoms with Gasteiger partial charge in [0.2, 0.25) is 5.91 Å². The van der Waals surface area contributed by atoms with Crippen LogP contribution in [0.3, 0.4) is 0 Å². The van der Waals surface area contributed by atoms with Gasteiger partial charge in [-0.3, -0.25) is 4.79 Å². The molecule has 0 aromatic rings. The van der Waals surface area contributed by atoms with Gasteiger partial charge in [0.25, 0.3) is 0 Å². The Hall–Kier alpha value is -1.06. The standard InChI is InChI=1S/C9H15NO3.C2H6/c1-3-8(11)10-6-4-5-7(10)9(12)13-2;1-2/h7H,3-6H2,1-2H3;1-2H3. The number of amides is 1. The van der Waals surface area contributed by atoms with Gasteiger partial charge >= 0.3 is 5.97 Å². The van der Waals surface area contributed by atoms with Crippen molar-refractivity contribution in [3.05, 3.63) is 0 Å². The van der Waals surface area contributed by atoms with E-state index >= 15 is 0 Å². The molecule has 0 N–H and O–H groups in total. The lowest BCUT2D eigenvalue weighted by Gasteiger charge is -2.21. The molecule has 1 heterocycles. The molecular weight excluding hydrogens is 194 g/mol. The number of hydrogen-bond donors (Lipinski definition) is 0. The van der Waals surface area contributed by atoms with Gasteiger partial charge in [-0.2, -0.15) is 0 Å². The summed E-state index contributed by atoms with van der Waals surface area (Å²) in [5.41, 5.74) is 0. The van der Waals surface area contributed by atoms with Crippen LogP contribution in [0, 0.1) is 0 Å². The maximum absolute atomic E-state index is 11.4. The Labute approximate surface area is 91.6 Å². The van der Waals surface area contributed by atoms with E-state index in [1.54, 1.807) is 11.8 Å². The van der Waals surface area contributed by atoms with Crippen molar-refractivity contribution in [2.75, 3.05) is 13.7 Å². The van der Waals surface area contributed by atoms with Crippen LogP contribution in [0.1, 0.15) is 40.0 Å². The van der Waals surface area contributed by atoms with E-state index in [9.17, 15) is 9.59 Å². The highest BCUT2D eigenvalue weighted by Gasteiger charge is 2.33. The van der Waals surface area contributed by atoms with Gasteiger partial charge in [-0.1, -0.05) is 20.8 Å². The Balaban J connectivity index is 0.000000921. The van der Waals surface area contributed by atoms with Crippen molar-refractivity contribution in [3.63, 3.8) is 0 Å². The topological polar surface area (TPSA) is 46.6 Å². The second-order valence-corrected chi connectivity index (χ2v) is 3.12. The molecule has 0 bridgehead atoms. The van der Waals surface area contributed by atoms with Crippen molar-refractivity contribution in [2.45, 2.75) is 46.1 Å². The Morgan fingerprint density at radius 3 is 2.47 bits per heavy atom. The number of carbonyl (C=O) groups is 2. The average molecular weight is 215 g/mol. The van der Waals surface area contributed by atoms with Crippen LogP contribution in [0.4, 0.5) is 0 Å². The third kappa shape index (κ3) is 3.53. The summed E-state index contributed by atoms with van der Waals surface area (Å²) in [6, 6.07) is -0.336. The summed E-state index contributed by atoms with van der Waals surface area (Å²) < 4.78 is 4.63. The fraction of sp³-hybridized carbons (Fsp3) is 0.818. The van der Waals surface area contributed by atoms with Crippen LogP contribution < -0.4 is 0 Å². The fourth-order valence-electron chi connectivity index (χ4n) is 1.65. The zero-order valence-electron chi connectivity index (χ0n) is 10.1. The normalized spacial score (nSPS) is 19.2. The van der Waals surface area contributed by atoms with Gasteiger partial charge in [0.1, 0.15) is 6.04 Å². The van der Waals surface area contributed by atoms with Crippen LogP contribution in [0.2, 0.25) is 0 Å². The smallest absolute Gasteiger partial charge is 0.328 e. The first-order chi connectivity index (χ1) is 7.20. The minimum Gasteiger partial charge on any atom is -0.467 e. The molecule has 0 saturated carbocycles. The van der Waals surface area contributed by atoms with Crippen LogP contribution in [-0.4, -0.2) is 36.5 Å². The van der Waals surface area contributed by atoms with Crippen molar-refractivity contribution in [2.24, 2.45) is 0 Å². The number of hydrogen-bond acceptors (Lipinski definition) is 3. The highest BCUT2D eigenvalue weighted by Crippen LogP contribution is 2.18. The molecule has 4 heteroatoms. The number of carbonyl (C=O) groups excluding carboxylic acids is 2. The van der Waals surface area contributed by atoms with Crippen LogP contribution in [-0.2, 0) is 14.3 Å². The summed E-state index contributed by atoms with van der Waals surface area (Å²) in [7, 11) is 1.36. The summed E-state index contributed by atoms with van der Waals surface area (Å²) in [6.07, 6.45) is 2.08. The molecule has 0 aliphatic carbocycles. The van der Waals surface area contributed by atoms with Crippen molar-refractivity contribution in [3.8, 4) is 0 Å². The predicted molar refractivity (Wildman–Crippen MR) is 58.4 cm³/mol. The second kappa shape index (κ2) is 7.26. The predicted octanol–water partition coefficient (Wildman–Crippen LogP) is 1.59. The average Bonchev–Trinajstić information content (AvgIpc) is 2.78. The number of methoxy groups -OCH3 is 1. The van der Waals surface area contributed by atoms with Gasteiger partial charge in [0.05, 0.1) is 7.11 Å². The summed E-state index contributed by atoms with van der Waals surface area (Å²) in [5, 5.41) is 0. The van der Waals surface area contributed by atoms with E-state index < -0.39 is 0 Å². The molecule has 1 unspecified atom stereocenters. The first kappa shape index (κ1) is 13.9. The van der Waals surface area contributed by atoms with E-state index in [1.165, 1.54) is 7.11 Å². The third-order valence-corrected chi connectivity index (χ3v) is 2.35. The SMILES string of the molecule is CC.CCC(=O)N1CCCC1C(=O)OC. The molecule has 15 heavy (non-hydrogen) atoms. The second-order valence-electron chi connectivity index (χ2n) is 3.12. The summed E-state index contributed by atoms with van der Waals surface area (Å²) in [5.74, 6) is -0.257. The van der Waals surface area contributed by atoms with E-state index in [0.29, 0.717) is 13.0 Å². The van der Waals surface area contributed by atoms with Crippen LogP contribution in [0.15, 0.2) is 0 Å². The molecule has 1 fully saturated rings. The molecule has 1 rings (SSSR count). The molecule has 1 amide bonds. The van der Waals surface area contributed by atoms with Gasteiger partial charge in [-0.15, -0.1) is 0 Å². The van der Waals surface area contributed by atoms with E-state index in [0.717, 1.165) is 12.8 Å². The van der Waals surface area contributed by atoms with E-state index in [1.807, 2.05) is 13.8 Å². The Kier molecular flexibility index (Phi) is 6.75. The fourth-order valence-corrected chi connectivity index (χ4v) is 1.65. The molecule has 4 nitrogen and oxygen atoms in total. The largest absolute Gasteiger partial charge is 0.467 e. The van der Waals surface area contributed by atoms with Crippen molar-refractivity contribution in [1.29, 1.82) is 0 Å². The minimum atomic E-state index is -0.336. The van der Waals surface area contributed by atoms with E-state index in [-0.39, 0.29) is 17.9 Å². The van der Waals surface area contributed by atoms with Gasteiger partial charge in [0, 0.05) is 13.0 Å². The molecule has 0 radical (unpaired) electrons. The molecule has 0 aromatic carbocycles. The van der Waals surface area contributed by atoms with Crippen molar-refractivity contribution in [1.82, 2.24) is 4.90 Å². The van der Waals surface area contributed by atoms with Gasteiger partial charge < -0.3 is 9.64 Å². The molecule has 0 aromatic heterocycles. The number of rotatable bonds is 2. The monoisotopic (exact) mass is 215 g/mol. The van der Waals surface area contributed by atoms with Crippen LogP contribution >= 0.6 is 0 Å². The lowest BCUT2D eigenvalue weighted by atomic mass is 10.2. The first-order valence-corrected chi connectivity index (χ1v) is 5.58. The highest BCUT2D eigenvalue weighted by molar-refractivity contribution is 5.84. The van der Waals surface area contributed by atoms with Crippen LogP contribution in [0.25, 0.3) is 0 Å². The lowest BCUT2D eigenvalue weighted by Crippen LogP contribution is -2.40. The zero-order chi connectivity index (χ0) is 11.8. The lowest BCUT2D eigenvalue weighted by molar-refractivity contribution is -0.150.